The molecule has 3 rings (SSSR count). The lowest BCUT2D eigenvalue weighted by atomic mass is 10.2. The summed E-state index contributed by atoms with van der Waals surface area (Å²) in [5, 5.41) is 34.0. The van der Waals surface area contributed by atoms with Crippen LogP contribution in [0, 0.1) is 10.1 Å². The summed E-state index contributed by atoms with van der Waals surface area (Å²) in [4.78, 5) is 14.5. The fraction of sp³-hybridized carbons (Fsp3) is 0. The normalized spacial score (nSPS) is 11.0. The number of hydrogen-bond acceptors (Lipinski definition) is 7. The quantitative estimate of drug-likeness (QED) is 0.431. The van der Waals surface area contributed by atoms with Crippen LogP contribution in [0.4, 0.5) is 11.4 Å². The van der Waals surface area contributed by atoms with Crippen LogP contribution >= 0.6 is 0 Å². The summed E-state index contributed by atoms with van der Waals surface area (Å²) in [6.07, 6.45) is 1.36. The smallest absolute Gasteiger partial charge is 0.270 e. The second-order valence-corrected chi connectivity index (χ2v) is 4.56. The number of aromatic amines is 1. The molecular weight excluding hydrogens is 300 g/mol. The molecule has 2 N–H and O–H groups in total. The largest absolute Gasteiger partial charge is 0.507 e. The molecule has 1 heterocycles. The van der Waals surface area contributed by atoms with Crippen LogP contribution in [-0.4, -0.2) is 36.9 Å². The number of H-pyrrole nitrogens is 1. The third-order valence-corrected chi connectivity index (χ3v) is 3.04. The van der Waals surface area contributed by atoms with E-state index in [9.17, 15) is 15.2 Å². The number of phenols is 1. The number of aromatic nitrogens is 4. The number of non-ortho nitro benzene ring substituents is 1. The molecule has 0 aliphatic carbocycles. The van der Waals surface area contributed by atoms with E-state index in [1.54, 1.807) is 18.2 Å². The molecule has 0 atom stereocenters. The Balaban J connectivity index is 1.90. The summed E-state index contributed by atoms with van der Waals surface area (Å²) in [7, 11) is 0. The van der Waals surface area contributed by atoms with Gasteiger partial charge in [0.2, 0.25) is 0 Å². The van der Waals surface area contributed by atoms with Crippen molar-refractivity contribution < 1.29 is 10.0 Å². The number of tetrazole rings is 1. The lowest BCUT2D eigenvalue weighted by Gasteiger charge is -2.00. The van der Waals surface area contributed by atoms with Crippen molar-refractivity contribution in [1.29, 1.82) is 0 Å². The number of aliphatic imine (C=N–C) groups is 1. The van der Waals surface area contributed by atoms with E-state index < -0.39 is 4.92 Å². The Morgan fingerprint density at radius 1 is 1.26 bits per heavy atom. The lowest BCUT2D eigenvalue weighted by Crippen LogP contribution is -1.90. The molecule has 0 unspecified atom stereocenters. The number of nitrogens with zero attached hydrogens (tertiary/aromatic N) is 5. The number of rotatable bonds is 4. The first kappa shape index (κ1) is 14.3. The number of hydrogen-bond donors (Lipinski definition) is 2. The number of nitrogens with one attached hydrogen (secondary N) is 1. The molecule has 23 heavy (non-hydrogen) atoms. The van der Waals surface area contributed by atoms with Crippen LogP contribution in [0.1, 0.15) is 5.56 Å². The number of aromatic hydroxyl groups is 1. The molecule has 0 aliphatic heterocycles. The molecule has 9 heteroatoms. The van der Waals surface area contributed by atoms with Crippen molar-refractivity contribution >= 4 is 17.6 Å². The van der Waals surface area contributed by atoms with Gasteiger partial charge in [-0.2, -0.15) is 0 Å². The fourth-order valence-corrected chi connectivity index (χ4v) is 1.92. The van der Waals surface area contributed by atoms with Crippen molar-refractivity contribution in [3.63, 3.8) is 0 Å². The van der Waals surface area contributed by atoms with E-state index in [2.05, 4.69) is 25.6 Å². The van der Waals surface area contributed by atoms with E-state index in [-0.39, 0.29) is 17.0 Å². The molecule has 0 bridgehead atoms. The molecular formula is C14H10N6O3. The molecule has 114 valence electrons. The molecule has 0 fully saturated rings. The van der Waals surface area contributed by atoms with Crippen LogP contribution in [0.3, 0.4) is 0 Å². The second kappa shape index (κ2) is 6.02. The third-order valence-electron chi connectivity index (χ3n) is 3.04. The zero-order valence-corrected chi connectivity index (χ0v) is 11.6. The van der Waals surface area contributed by atoms with Crippen LogP contribution in [0.25, 0.3) is 11.4 Å². The molecule has 0 aliphatic rings. The highest BCUT2D eigenvalue weighted by Crippen LogP contribution is 2.24. The van der Waals surface area contributed by atoms with Gasteiger partial charge >= 0.3 is 0 Å². The van der Waals surface area contributed by atoms with Gasteiger partial charge in [0.15, 0.2) is 5.82 Å². The van der Waals surface area contributed by atoms with Crippen molar-refractivity contribution in [3.05, 3.63) is 58.1 Å². The Morgan fingerprint density at radius 2 is 2.13 bits per heavy atom. The lowest BCUT2D eigenvalue weighted by molar-refractivity contribution is -0.384. The standard InChI is InChI=1S/C14H10N6O3/c21-13-5-4-12(20(22)23)7-10(13)8-15-11-3-1-2-9(6-11)14-16-18-19-17-14/h1-8,21H,(H,16,17,18,19)/b15-8+. The molecule has 0 radical (unpaired) electrons. The summed E-state index contributed by atoms with van der Waals surface area (Å²) in [6.45, 7) is 0. The van der Waals surface area contributed by atoms with E-state index in [1.807, 2.05) is 6.07 Å². The van der Waals surface area contributed by atoms with Crippen molar-refractivity contribution in [3.8, 4) is 17.1 Å². The van der Waals surface area contributed by atoms with Gasteiger partial charge in [0.1, 0.15) is 5.75 Å². The maximum Gasteiger partial charge on any atom is 0.270 e. The van der Waals surface area contributed by atoms with Gasteiger partial charge in [0.05, 0.1) is 10.6 Å². The summed E-state index contributed by atoms with van der Waals surface area (Å²) in [5.74, 6) is 0.412. The Kier molecular flexibility index (Phi) is 3.75. The molecule has 9 nitrogen and oxygen atoms in total. The summed E-state index contributed by atoms with van der Waals surface area (Å²) < 4.78 is 0. The molecule has 0 saturated carbocycles. The maximum atomic E-state index is 10.8. The van der Waals surface area contributed by atoms with Crippen molar-refractivity contribution in [2.45, 2.75) is 0 Å². The summed E-state index contributed by atoms with van der Waals surface area (Å²) >= 11 is 0. The van der Waals surface area contributed by atoms with E-state index in [0.29, 0.717) is 11.5 Å². The van der Waals surface area contributed by atoms with Gasteiger partial charge in [-0.1, -0.05) is 12.1 Å². The first-order chi connectivity index (χ1) is 11.1. The number of nitro benzene ring substituents is 1. The zero-order chi connectivity index (χ0) is 16.2. The Morgan fingerprint density at radius 3 is 2.87 bits per heavy atom. The van der Waals surface area contributed by atoms with Crippen LogP contribution in [0.2, 0.25) is 0 Å². The number of nitro groups is 1. The van der Waals surface area contributed by atoms with Crippen LogP contribution in [0.15, 0.2) is 47.5 Å². The predicted octanol–water partition coefficient (Wildman–Crippen LogP) is 2.23. The molecule has 3 aromatic rings. The maximum absolute atomic E-state index is 10.8. The van der Waals surface area contributed by atoms with E-state index in [0.717, 1.165) is 5.56 Å². The minimum Gasteiger partial charge on any atom is -0.507 e. The molecule has 0 saturated heterocycles. The minimum atomic E-state index is -0.533. The molecule has 1 aromatic heterocycles. The van der Waals surface area contributed by atoms with E-state index >= 15 is 0 Å². The second-order valence-electron chi connectivity index (χ2n) is 4.56. The van der Waals surface area contributed by atoms with Gasteiger partial charge < -0.3 is 5.11 Å². The van der Waals surface area contributed by atoms with Gasteiger partial charge in [0.25, 0.3) is 5.69 Å². The van der Waals surface area contributed by atoms with Gasteiger partial charge in [-0.15, -0.1) is 5.10 Å². The summed E-state index contributed by atoms with van der Waals surface area (Å²) in [6, 6.07) is 10.8. The van der Waals surface area contributed by atoms with Crippen molar-refractivity contribution in [1.82, 2.24) is 20.6 Å². The van der Waals surface area contributed by atoms with Crippen molar-refractivity contribution in [2.24, 2.45) is 4.99 Å². The Hall–Kier alpha value is -3.62. The first-order valence-corrected chi connectivity index (χ1v) is 6.49. The van der Waals surface area contributed by atoms with Crippen LogP contribution in [-0.2, 0) is 0 Å². The number of benzene rings is 2. The van der Waals surface area contributed by atoms with Gasteiger partial charge in [-0.25, -0.2) is 5.10 Å². The highest BCUT2D eigenvalue weighted by Gasteiger charge is 2.09. The topological polar surface area (TPSA) is 130 Å². The van der Waals surface area contributed by atoms with Crippen molar-refractivity contribution in [2.75, 3.05) is 0 Å². The van der Waals surface area contributed by atoms with Gasteiger partial charge in [0, 0.05) is 29.5 Å². The Bertz CT molecular complexity index is 876. The van der Waals surface area contributed by atoms with Gasteiger partial charge in [-0.3, -0.25) is 15.1 Å². The zero-order valence-electron chi connectivity index (χ0n) is 11.6. The monoisotopic (exact) mass is 310 g/mol. The van der Waals surface area contributed by atoms with Crippen LogP contribution < -0.4 is 0 Å². The molecule has 0 spiro atoms. The van der Waals surface area contributed by atoms with Crippen LogP contribution in [0.5, 0.6) is 5.75 Å². The van der Waals surface area contributed by atoms with E-state index in [1.165, 1.54) is 24.4 Å². The molecule has 2 aromatic carbocycles. The average Bonchev–Trinajstić information content (AvgIpc) is 3.08. The summed E-state index contributed by atoms with van der Waals surface area (Å²) in [5.41, 5.74) is 1.47. The first-order valence-electron chi connectivity index (χ1n) is 6.49. The molecule has 0 amide bonds. The van der Waals surface area contributed by atoms with Gasteiger partial charge in [-0.05, 0) is 28.6 Å². The SMILES string of the molecule is O=[N+]([O-])c1ccc(O)c(/C=N/c2cccc(-c3nnn[nH]3)c2)c1. The highest BCUT2D eigenvalue weighted by molar-refractivity contribution is 5.86. The number of phenolic OH excluding ortho intramolecular Hbond substituents is 1. The Labute approximate surface area is 129 Å². The highest BCUT2D eigenvalue weighted by atomic mass is 16.6. The third kappa shape index (κ3) is 3.18. The minimum absolute atomic E-state index is 0.0880. The predicted molar refractivity (Wildman–Crippen MR) is 81.6 cm³/mol. The average molecular weight is 310 g/mol. The van der Waals surface area contributed by atoms with E-state index in [4.69, 9.17) is 0 Å². The fourth-order valence-electron chi connectivity index (χ4n) is 1.92.